The molecule has 1 atom stereocenters. The number of aromatic nitrogens is 3. The summed E-state index contributed by atoms with van der Waals surface area (Å²) in [5.41, 5.74) is 2.92. The zero-order valence-corrected chi connectivity index (χ0v) is 19.3. The highest BCUT2D eigenvalue weighted by atomic mass is 32.2. The normalized spacial score (nSPS) is 11.8. The van der Waals surface area contributed by atoms with E-state index in [4.69, 9.17) is 0 Å². The number of nitrogens with zero attached hydrogens (tertiary/aromatic N) is 3. The number of nitrogens with one attached hydrogen (secondary N) is 2. The van der Waals surface area contributed by atoms with Gasteiger partial charge in [0.15, 0.2) is 11.0 Å². The molecule has 0 spiro atoms. The summed E-state index contributed by atoms with van der Waals surface area (Å²) in [7, 11) is 1.76. The number of amides is 2. The number of halogens is 1. The van der Waals surface area contributed by atoms with E-state index in [9.17, 15) is 14.0 Å². The van der Waals surface area contributed by atoms with E-state index < -0.39 is 17.8 Å². The summed E-state index contributed by atoms with van der Waals surface area (Å²) in [6.45, 7) is 5.76. The molecule has 0 unspecified atom stereocenters. The molecule has 7 nitrogen and oxygen atoms in total. The first-order valence-electron chi connectivity index (χ1n) is 10.3. The summed E-state index contributed by atoms with van der Waals surface area (Å²) in [6, 6.07) is 11.2. The summed E-state index contributed by atoms with van der Waals surface area (Å²) in [5.74, 6) is -0.581. The first-order valence-corrected chi connectivity index (χ1v) is 11.3. The summed E-state index contributed by atoms with van der Waals surface area (Å²) >= 11 is 1.25. The first kappa shape index (κ1) is 23.5. The van der Waals surface area contributed by atoms with Gasteiger partial charge in [-0.25, -0.2) is 4.39 Å². The molecule has 0 bridgehead atoms. The van der Waals surface area contributed by atoms with Crippen molar-refractivity contribution in [3.8, 4) is 0 Å². The van der Waals surface area contributed by atoms with E-state index in [1.165, 1.54) is 30.0 Å². The van der Waals surface area contributed by atoms with Crippen molar-refractivity contribution in [1.82, 2.24) is 20.1 Å². The van der Waals surface area contributed by atoms with E-state index in [2.05, 4.69) is 20.8 Å². The number of thioether (sulfide) groups is 1. The molecule has 2 amide bonds. The van der Waals surface area contributed by atoms with Crippen LogP contribution in [0.1, 0.15) is 47.2 Å². The number of hydrogen-bond donors (Lipinski definition) is 2. The maximum atomic E-state index is 13.8. The zero-order valence-electron chi connectivity index (χ0n) is 18.5. The Labute approximate surface area is 190 Å². The van der Waals surface area contributed by atoms with Crippen LogP contribution < -0.4 is 10.6 Å². The van der Waals surface area contributed by atoms with Gasteiger partial charge in [0, 0.05) is 12.7 Å². The number of anilines is 1. The molecule has 2 N–H and O–H groups in total. The maximum absolute atomic E-state index is 13.8. The molecular weight excluding hydrogens is 429 g/mol. The second kappa shape index (κ2) is 10.4. The first-order chi connectivity index (χ1) is 15.3. The molecule has 32 heavy (non-hydrogen) atoms. The van der Waals surface area contributed by atoms with Gasteiger partial charge in [-0.05, 0) is 43.5 Å². The second-order valence-corrected chi connectivity index (χ2v) is 8.32. The highest BCUT2D eigenvalue weighted by Crippen LogP contribution is 2.23. The van der Waals surface area contributed by atoms with E-state index in [-0.39, 0.29) is 17.2 Å². The average molecular weight is 456 g/mol. The fourth-order valence-electron chi connectivity index (χ4n) is 3.32. The van der Waals surface area contributed by atoms with Crippen LogP contribution >= 0.6 is 11.8 Å². The van der Waals surface area contributed by atoms with Gasteiger partial charge in [-0.15, -0.1) is 10.2 Å². The van der Waals surface area contributed by atoms with Crippen LogP contribution in [0.15, 0.2) is 47.6 Å². The highest BCUT2D eigenvalue weighted by Gasteiger charge is 2.20. The van der Waals surface area contributed by atoms with Crippen LogP contribution in [0, 0.1) is 12.7 Å². The largest absolute Gasteiger partial charge is 0.342 e. The van der Waals surface area contributed by atoms with Crippen molar-refractivity contribution in [3.63, 3.8) is 0 Å². The van der Waals surface area contributed by atoms with Crippen molar-refractivity contribution in [3.05, 3.63) is 70.8 Å². The standard InChI is InChI=1S/C23H26FN5O2S/c1-5-16-10-8-9-14(2)20(16)26-19(30)13-32-23-28-27-21(29(23)4)15(3)25-22(31)17-11-6-7-12-18(17)24/h6-12,15H,5,13H2,1-4H3,(H,25,31)(H,26,30)/t15-/m0/s1. The molecule has 0 fully saturated rings. The predicted octanol–water partition coefficient (Wildman–Crippen LogP) is 4.05. The number of benzene rings is 2. The van der Waals surface area contributed by atoms with E-state index in [0.717, 1.165) is 23.2 Å². The van der Waals surface area contributed by atoms with Crippen LogP contribution in [0.4, 0.5) is 10.1 Å². The van der Waals surface area contributed by atoms with Crippen molar-refractivity contribution >= 4 is 29.3 Å². The molecular formula is C23H26FN5O2S. The van der Waals surface area contributed by atoms with Crippen molar-refractivity contribution in [2.24, 2.45) is 7.05 Å². The number of hydrogen-bond acceptors (Lipinski definition) is 5. The lowest BCUT2D eigenvalue weighted by Crippen LogP contribution is -2.29. The average Bonchev–Trinajstić information content (AvgIpc) is 3.14. The van der Waals surface area contributed by atoms with E-state index in [0.29, 0.717) is 11.0 Å². The minimum atomic E-state index is -0.586. The van der Waals surface area contributed by atoms with Gasteiger partial charge in [0.2, 0.25) is 5.91 Å². The zero-order chi connectivity index (χ0) is 23.3. The lowest BCUT2D eigenvalue weighted by molar-refractivity contribution is -0.113. The van der Waals surface area contributed by atoms with Gasteiger partial charge in [0.05, 0.1) is 17.4 Å². The van der Waals surface area contributed by atoms with Crippen molar-refractivity contribution in [1.29, 1.82) is 0 Å². The van der Waals surface area contributed by atoms with Crippen LogP contribution in [0.25, 0.3) is 0 Å². The van der Waals surface area contributed by atoms with Gasteiger partial charge >= 0.3 is 0 Å². The topological polar surface area (TPSA) is 88.9 Å². The predicted molar refractivity (Wildman–Crippen MR) is 123 cm³/mol. The van der Waals surface area contributed by atoms with Gasteiger partial charge in [0.25, 0.3) is 5.91 Å². The summed E-state index contributed by atoms with van der Waals surface area (Å²) in [4.78, 5) is 24.9. The molecule has 0 saturated heterocycles. The van der Waals surface area contributed by atoms with Crippen molar-refractivity contribution < 1.29 is 14.0 Å². The van der Waals surface area contributed by atoms with Gasteiger partial charge < -0.3 is 15.2 Å². The lowest BCUT2D eigenvalue weighted by Gasteiger charge is -2.14. The Bertz CT molecular complexity index is 1130. The fourth-order valence-corrected chi connectivity index (χ4v) is 4.04. The molecule has 1 aromatic heterocycles. The molecule has 3 rings (SSSR count). The van der Waals surface area contributed by atoms with Crippen molar-refractivity contribution in [2.75, 3.05) is 11.1 Å². The minimum Gasteiger partial charge on any atom is -0.342 e. The Balaban J connectivity index is 1.62. The molecule has 0 aliphatic rings. The fraction of sp³-hybridized carbons (Fsp3) is 0.304. The third-order valence-electron chi connectivity index (χ3n) is 5.06. The number of aryl methyl sites for hydroxylation is 2. The summed E-state index contributed by atoms with van der Waals surface area (Å²) in [5, 5.41) is 14.5. The highest BCUT2D eigenvalue weighted by molar-refractivity contribution is 7.99. The third kappa shape index (κ3) is 5.34. The maximum Gasteiger partial charge on any atom is 0.254 e. The van der Waals surface area contributed by atoms with Crippen molar-refractivity contribution in [2.45, 2.75) is 38.4 Å². The molecule has 0 saturated carbocycles. The quantitative estimate of drug-likeness (QED) is 0.501. The molecule has 3 aromatic rings. The van der Waals surface area contributed by atoms with Gasteiger partial charge in [0.1, 0.15) is 5.82 Å². The Morgan fingerprint density at radius 1 is 1.16 bits per heavy atom. The molecule has 0 aliphatic heterocycles. The Hall–Kier alpha value is -3.20. The van der Waals surface area contributed by atoms with Gasteiger partial charge in [-0.3, -0.25) is 9.59 Å². The summed E-state index contributed by atoms with van der Waals surface area (Å²) in [6.07, 6.45) is 0.827. The summed E-state index contributed by atoms with van der Waals surface area (Å²) < 4.78 is 15.6. The second-order valence-electron chi connectivity index (χ2n) is 7.37. The van der Waals surface area contributed by atoms with E-state index >= 15 is 0 Å². The SMILES string of the molecule is CCc1cccc(C)c1NC(=O)CSc1nnc([C@H](C)NC(=O)c2ccccc2F)n1C. The van der Waals surface area contributed by atoms with Gasteiger partial charge in [-0.1, -0.05) is 49.0 Å². The Morgan fingerprint density at radius 2 is 1.91 bits per heavy atom. The van der Waals surface area contributed by atoms with E-state index in [1.54, 1.807) is 24.6 Å². The smallest absolute Gasteiger partial charge is 0.254 e. The number of rotatable bonds is 8. The monoisotopic (exact) mass is 455 g/mol. The molecule has 2 aromatic carbocycles. The number of para-hydroxylation sites is 1. The molecule has 1 heterocycles. The van der Waals surface area contributed by atoms with Crippen LogP contribution in [0.3, 0.4) is 0 Å². The third-order valence-corrected chi connectivity index (χ3v) is 6.08. The molecule has 168 valence electrons. The number of carbonyl (C=O) groups is 2. The van der Waals surface area contributed by atoms with Crippen LogP contribution in [0.5, 0.6) is 0 Å². The molecule has 0 radical (unpaired) electrons. The Kier molecular flexibility index (Phi) is 7.63. The van der Waals surface area contributed by atoms with Crippen LogP contribution in [-0.4, -0.2) is 32.3 Å². The minimum absolute atomic E-state index is 0.0320. The van der Waals surface area contributed by atoms with Gasteiger partial charge in [-0.2, -0.15) is 0 Å². The lowest BCUT2D eigenvalue weighted by atomic mass is 10.1. The van der Waals surface area contributed by atoms with E-state index in [1.807, 2.05) is 32.0 Å². The molecule has 9 heteroatoms. The Morgan fingerprint density at radius 3 is 2.62 bits per heavy atom. The molecule has 0 aliphatic carbocycles. The van der Waals surface area contributed by atoms with Crippen LogP contribution in [0.2, 0.25) is 0 Å². The number of carbonyl (C=O) groups excluding carboxylic acids is 2. The van der Waals surface area contributed by atoms with Crippen LogP contribution in [-0.2, 0) is 18.3 Å².